The number of carbonyl (C=O) groups is 2. The molecule has 23 heavy (non-hydrogen) atoms. The van der Waals surface area contributed by atoms with Crippen LogP contribution >= 0.6 is 11.3 Å². The van der Waals surface area contributed by atoms with Crippen molar-refractivity contribution in [1.29, 1.82) is 0 Å². The number of amides is 1. The van der Waals surface area contributed by atoms with Gasteiger partial charge >= 0.3 is 11.0 Å². The number of nitrogens with zero attached hydrogens (tertiary/aromatic N) is 1. The summed E-state index contributed by atoms with van der Waals surface area (Å²) in [5.41, 5.74) is 0. The van der Waals surface area contributed by atoms with Crippen molar-refractivity contribution in [3.8, 4) is 0 Å². The van der Waals surface area contributed by atoms with Crippen molar-refractivity contribution in [3.05, 3.63) is 27.1 Å². The van der Waals surface area contributed by atoms with Gasteiger partial charge in [0.05, 0.1) is 4.92 Å². The molecular formula is C15H20N2O5S. The fraction of sp³-hybridized carbons (Fsp3) is 0.600. The monoisotopic (exact) mass is 340 g/mol. The Labute approximate surface area is 138 Å². The fourth-order valence-electron chi connectivity index (χ4n) is 2.61. The van der Waals surface area contributed by atoms with E-state index in [1.807, 2.05) is 0 Å². The number of nitro groups is 1. The average molecular weight is 340 g/mol. The lowest BCUT2D eigenvalue weighted by molar-refractivity contribution is -0.380. The van der Waals surface area contributed by atoms with Crippen LogP contribution in [-0.2, 0) is 9.53 Å². The van der Waals surface area contributed by atoms with Crippen molar-refractivity contribution in [2.75, 3.05) is 6.61 Å². The Morgan fingerprint density at radius 2 is 1.87 bits per heavy atom. The van der Waals surface area contributed by atoms with E-state index in [4.69, 9.17) is 4.74 Å². The van der Waals surface area contributed by atoms with Gasteiger partial charge in [0.15, 0.2) is 6.61 Å². The summed E-state index contributed by atoms with van der Waals surface area (Å²) in [6, 6.07) is 2.72. The first-order chi connectivity index (χ1) is 11.1. The van der Waals surface area contributed by atoms with E-state index in [0.717, 1.165) is 37.0 Å². The summed E-state index contributed by atoms with van der Waals surface area (Å²) in [7, 11) is 0. The summed E-state index contributed by atoms with van der Waals surface area (Å²) in [5, 5.41) is 13.3. The largest absolute Gasteiger partial charge is 0.451 e. The second-order valence-electron chi connectivity index (χ2n) is 5.58. The Balaban J connectivity index is 1.76. The van der Waals surface area contributed by atoms with Gasteiger partial charge in [-0.25, -0.2) is 4.79 Å². The van der Waals surface area contributed by atoms with Gasteiger partial charge in [-0.3, -0.25) is 14.9 Å². The van der Waals surface area contributed by atoms with Gasteiger partial charge < -0.3 is 10.1 Å². The van der Waals surface area contributed by atoms with Crippen LogP contribution in [0.25, 0.3) is 0 Å². The van der Waals surface area contributed by atoms with Crippen molar-refractivity contribution >= 4 is 28.2 Å². The number of esters is 1. The van der Waals surface area contributed by atoms with Crippen LogP contribution in [0.15, 0.2) is 12.1 Å². The van der Waals surface area contributed by atoms with Gasteiger partial charge in [0.1, 0.15) is 4.88 Å². The van der Waals surface area contributed by atoms with E-state index in [2.05, 4.69) is 5.32 Å². The molecule has 1 saturated carbocycles. The van der Waals surface area contributed by atoms with Gasteiger partial charge in [0, 0.05) is 12.1 Å². The molecule has 1 aromatic rings. The highest BCUT2D eigenvalue weighted by atomic mass is 32.1. The molecule has 2 rings (SSSR count). The van der Waals surface area contributed by atoms with Crippen LogP contribution in [0.5, 0.6) is 0 Å². The molecule has 0 saturated heterocycles. The molecule has 0 unspecified atom stereocenters. The van der Waals surface area contributed by atoms with Gasteiger partial charge in [0.25, 0.3) is 5.91 Å². The molecule has 1 N–H and O–H groups in total. The van der Waals surface area contributed by atoms with Crippen LogP contribution in [0.3, 0.4) is 0 Å². The third kappa shape index (κ3) is 5.63. The molecule has 1 aliphatic rings. The molecule has 7 nitrogen and oxygen atoms in total. The number of hydrogen-bond acceptors (Lipinski definition) is 6. The first kappa shape index (κ1) is 17.4. The van der Waals surface area contributed by atoms with E-state index in [1.54, 1.807) is 0 Å². The molecule has 0 bridgehead atoms. The summed E-state index contributed by atoms with van der Waals surface area (Å²) in [5.74, 6) is -1.04. The smallest absolute Gasteiger partial charge is 0.349 e. The molecule has 1 heterocycles. The van der Waals surface area contributed by atoms with E-state index >= 15 is 0 Å². The SMILES string of the molecule is O=C(COC(=O)c1ccc([N+](=O)[O-])s1)NC1CCCCCCC1. The molecule has 0 spiro atoms. The number of hydrogen-bond donors (Lipinski definition) is 1. The van der Waals surface area contributed by atoms with E-state index in [-0.39, 0.29) is 28.4 Å². The number of rotatable bonds is 5. The van der Waals surface area contributed by atoms with Crippen LogP contribution in [0.4, 0.5) is 5.00 Å². The van der Waals surface area contributed by atoms with Gasteiger partial charge in [-0.1, -0.05) is 43.4 Å². The van der Waals surface area contributed by atoms with Gasteiger partial charge in [0.2, 0.25) is 0 Å². The second-order valence-corrected chi connectivity index (χ2v) is 6.64. The van der Waals surface area contributed by atoms with Gasteiger partial charge in [-0.2, -0.15) is 0 Å². The highest BCUT2D eigenvalue weighted by molar-refractivity contribution is 7.17. The van der Waals surface area contributed by atoms with Crippen LogP contribution in [0.1, 0.15) is 54.6 Å². The molecule has 0 radical (unpaired) electrons. The summed E-state index contributed by atoms with van der Waals surface area (Å²) < 4.78 is 4.92. The molecule has 1 fully saturated rings. The number of ether oxygens (including phenoxy) is 1. The predicted molar refractivity (Wildman–Crippen MR) is 85.5 cm³/mol. The Hall–Kier alpha value is -1.96. The lowest BCUT2D eigenvalue weighted by Crippen LogP contribution is -2.38. The summed E-state index contributed by atoms with van der Waals surface area (Å²) in [4.78, 5) is 33.8. The van der Waals surface area contributed by atoms with Crippen molar-refractivity contribution in [3.63, 3.8) is 0 Å². The maximum absolute atomic E-state index is 11.9. The standard InChI is InChI=1S/C15H20N2O5S/c18-13(16-11-6-4-2-1-3-5-7-11)10-22-15(19)12-8-9-14(23-12)17(20)21/h8-9,11H,1-7,10H2,(H,16,18). The van der Waals surface area contributed by atoms with E-state index in [0.29, 0.717) is 0 Å². The van der Waals surface area contributed by atoms with Crippen LogP contribution < -0.4 is 5.32 Å². The molecule has 0 aromatic carbocycles. The lowest BCUT2D eigenvalue weighted by atomic mass is 9.97. The van der Waals surface area contributed by atoms with Crippen molar-refractivity contribution < 1.29 is 19.2 Å². The molecule has 0 atom stereocenters. The summed E-state index contributed by atoms with van der Waals surface area (Å²) in [6.07, 6.45) is 7.75. The van der Waals surface area contributed by atoms with Crippen molar-refractivity contribution in [1.82, 2.24) is 5.32 Å². The average Bonchev–Trinajstić information content (AvgIpc) is 2.97. The molecule has 0 aliphatic heterocycles. The molecule has 126 valence electrons. The fourth-order valence-corrected chi connectivity index (χ4v) is 3.32. The third-order valence-electron chi connectivity index (χ3n) is 3.78. The maximum Gasteiger partial charge on any atom is 0.349 e. The molecule has 8 heteroatoms. The first-order valence-corrected chi connectivity index (χ1v) is 8.58. The minimum Gasteiger partial charge on any atom is -0.451 e. The Bertz CT molecular complexity index is 564. The molecule has 1 aromatic heterocycles. The summed E-state index contributed by atoms with van der Waals surface area (Å²) >= 11 is 0.736. The Morgan fingerprint density at radius 1 is 1.22 bits per heavy atom. The zero-order valence-corrected chi connectivity index (χ0v) is 13.6. The quantitative estimate of drug-likeness (QED) is 0.504. The zero-order valence-electron chi connectivity index (χ0n) is 12.8. The van der Waals surface area contributed by atoms with E-state index in [9.17, 15) is 19.7 Å². The zero-order chi connectivity index (χ0) is 16.7. The number of thiophene rings is 1. The van der Waals surface area contributed by atoms with Gasteiger partial charge in [-0.15, -0.1) is 0 Å². The summed E-state index contributed by atoms with van der Waals surface area (Å²) in [6.45, 7) is -0.360. The predicted octanol–water partition coefficient (Wildman–Crippen LogP) is 3.04. The van der Waals surface area contributed by atoms with Gasteiger partial charge in [-0.05, 0) is 18.9 Å². The van der Waals surface area contributed by atoms with Crippen LogP contribution in [0, 0.1) is 10.1 Å². The topological polar surface area (TPSA) is 98.5 Å². The minimum absolute atomic E-state index is 0.121. The van der Waals surface area contributed by atoms with E-state index in [1.165, 1.54) is 31.4 Å². The molecular weight excluding hydrogens is 320 g/mol. The third-order valence-corrected chi connectivity index (χ3v) is 4.79. The highest BCUT2D eigenvalue weighted by Crippen LogP contribution is 2.24. The first-order valence-electron chi connectivity index (χ1n) is 7.77. The Kier molecular flexibility index (Phi) is 6.52. The second kappa shape index (κ2) is 8.61. The lowest BCUT2D eigenvalue weighted by Gasteiger charge is -2.20. The maximum atomic E-state index is 11.9. The van der Waals surface area contributed by atoms with Crippen LogP contribution in [0.2, 0.25) is 0 Å². The number of carbonyl (C=O) groups excluding carboxylic acids is 2. The Morgan fingerprint density at radius 3 is 2.48 bits per heavy atom. The van der Waals surface area contributed by atoms with E-state index < -0.39 is 10.9 Å². The number of nitrogens with one attached hydrogen (secondary N) is 1. The normalized spacial score (nSPS) is 16.2. The molecule has 1 amide bonds. The highest BCUT2D eigenvalue weighted by Gasteiger charge is 2.19. The van der Waals surface area contributed by atoms with Crippen molar-refractivity contribution in [2.24, 2.45) is 0 Å². The van der Waals surface area contributed by atoms with Crippen LogP contribution in [-0.4, -0.2) is 29.4 Å². The van der Waals surface area contributed by atoms with Crippen molar-refractivity contribution in [2.45, 2.75) is 51.0 Å². The molecule has 1 aliphatic carbocycles. The minimum atomic E-state index is -0.712.